The molecule has 4 nitrogen and oxygen atoms in total. The van der Waals surface area contributed by atoms with E-state index in [0.717, 1.165) is 29.5 Å². The van der Waals surface area contributed by atoms with Crippen LogP contribution >= 0.6 is 0 Å². The van der Waals surface area contributed by atoms with Crippen molar-refractivity contribution in [3.8, 4) is 0 Å². The predicted octanol–water partition coefficient (Wildman–Crippen LogP) is 2.76. The molecule has 3 aromatic rings. The van der Waals surface area contributed by atoms with Gasteiger partial charge in [0.15, 0.2) is 0 Å². The monoisotopic (exact) mass is 267 g/mol. The van der Waals surface area contributed by atoms with Crippen molar-refractivity contribution < 1.29 is 5.11 Å². The van der Waals surface area contributed by atoms with Gasteiger partial charge in [-0.3, -0.25) is 4.98 Å². The van der Waals surface area contributed by atoms with Crippen LogP contribution in [0, 0.1) is 0 Å². The van der Waals surface area contributed by atoms with E-state index < -0.39 is 6.10 Å². The number of rotatable bonds is 4. The van der Waals surface area contributed by atoms with Crippen molar-refractivity contribution in [2.24, 2.45) is 0 Å². The second-order valence-electron chi connectivity index (χ2n) is 4.90. The quantitative estimate of drug-likeness (QED) is 0.790. The summed E-state index contributed by atoms with van der Waals surface area (Å²) in [4.78, 5) is 4.09. The van der Waals surface area contributed by atoms with Crippen LogP contribution in [0.3, 0.4) is 0 Å². The molecule has 0 aliphatic carbocycles. The van der Waals surface area contributed by atoms with Crippen LogP contribution in [-0.2, 0) is 6.42 Å². The fourth-order valence-electron chi connectivity index (χ4n) is 2.40. The first-order valence-electron chi connectivity index (χ1n) is 6.83. The SMILES string of the molecule is CCCc1ccc(C(O)c2cnn3ccncc23)cc1. The third-order valence-electron chi connectivity index (χ3n) is 3.48. The Labute approximate surface area is 117 Å². The summed E-state index contributed by atoms with van der Waals surface area (Å²) >= 11 is 0. The molecule has 102 valence electrons. The molecule has 0 spiro atoms. The molecule has 4 heteroatoms. The Morgan fingerprint density at radius 3 is 2.75 bits per heavy atom. The van der Waals surface area contributed by atoms with Gasteiger partial charge < -0.3 is 5.11 Å². The highest BCUT2D eigenvalue weighted by Gasteiger charge is 2.15. The first-order chi connectivity index (χ1) is 9.79. The molecule has 1 N–H and O–H groups in total. The normalized spacial score (nSPS) is 12.7. The summed E-state index contributed by atoms with van der Waals surface area (Å²) in [5.74, 6) is 0. The van der Waals surface area contributed by atoms with Crippen LogP contribution in [0.25, 0.3) is 5.52 Å². The summed E-state index contributed by atoms with van der Waals surface area (Å²) in [6, 6.07) is 8.11. The molecular weight excluding hydrogens is 250 g/mol. The van der Waals surface area contributed by atoms with Crippen LogP contribution in [0.15, 0.2) is 49.1 Å². The lowest BCUT2D eigenvalue weighted by molar-refractivity contribution is 0.222. The molecule has 1 atom stereocenters. The minimum absolute atomic E-state index is 0.674. The van der Waals surface area contributed by atoms with Gasteiger partial charge in [0.05, 0.1) is 17.9 Å². The second-order valence-corrected chi connectivity index (χ2v) is 4.90. The van der Waals surface area contributed by atoms with Crippen LogP contribution in [0.4, 0.5) is 0 Å². The molecule has 0 bridgehead atoms. The van der Waals surface area contributed by atoms with Crippen molar-refractivity contribution in [3.63, 3.8) is 0 Å². The molecular formula is C16H17N3O. The highest BCUT2D eigenvalue weighted by Crippen LogP contribution is 2.25. The molecule has 0 aliphatic heterocycles. The van der Waals surface area contributed by atoms with E-state index in [1.54, 1.807) is 29.3 Å². The fraction of sp³-hybridized carbons (Fsp3) is 0.250. The smallest absolute Gasteiger partial charge is 0.108 e. The number of aliphatic hydroxyl groups is 1. The van der Waals surface area contributed by atoms with Gasteiger partial charge in [0.2, 0.25) is 0 Å². The van der Waals surface area contributed by atoms with E-state index in [2.05, 4.69) is 29.1 Å². The molecule has 0 aliphatic rings. The number of aryl methyl sites for hydroxylation is 1. The van der Waals surface area contributed by atoms with Crippen LogP contribution in [-0.4, -0.2) is 19.7 Å². The van der Waals surface area contributed by atoms with Crippen LogP contribution < -0.4 is 0 Å². The highest BCUT2D eigenvalue weighted by atomic mass is 16.3. The third-order valence-corrected chi connectivity index (χ3v) is 3.48. The number of hydrogen-bond acceptors (Lipinski definition) is 3. The van der Waals surface area contributed by atoms with Gasteiger partial charge in [-0.25, -0.2) is 4.52 Å². The summed E-state index contributed by atoms with van der Waals surface area (Å²) in [5, 5.41) is 14.7. The minimum Gasteiger partial charge on any atom is -0.384 e. The van der Waals surface area contributed by atoms with Gasteiger partial charge in [0.1, 0.15) is 6.10 Å². The standard InChI is InChI=1S/C16H17N3O/c1-2-3-12-4-6-13(7-5-12)16(20)14-10-18-19-9-8-17-11-15(14)19/h4-11,16,20H,2-3H2,1H3. The van der Waals surface area contributed by atoms with E-state index >= 15 is 0 Å². The molecule has 3 rings (SSSR count). The lowest BCUT2D eigenvalue weighted by atomic mass is 10.0. The molecule has 0 saturated heterocycles. The molecule has 20 heavy (non-hydrogen) atoms. The van der Waals surface area contributed by atoms with Gasteiger partial charge in [-0.1, -0.05) is 37.6 Å². The third kappa shape index (κ3) is 2.30. The topological polar surface area (TPSA) is 50.4 Å². The summed E-state index contributed by atoms with van der Waals surface area (Å²) in [6.45, 7) is 2.16. The van der Waals surface area contributed by atoms with E-state index in [1.807, 2.05) is 12.1 Å². The zero-order chi connectivity index (χ0) is 13.9. The molecule has 1 aromatic carbocycles. The predicted molar refractivity (Wildman–Crippen MR) is 77.5 cm³/mol. The average molecular weight is 267 g/mol. The lowest BCUT2D eigenvalue weighted by Crippen LogP contribution is -2.00. The second kappa shape index (κ2) is 5.43. The minimum atomic E-state index is -0.674. The van der Waals surface area contributed by atoms with E-state index in [-0.39, 0.29) is 0 Å². The maximum Gasteiger partial charge on any atom is 0.108 e. The fourth-order valence-corrected chi connectivity index (χ4v) is 2.40. The van der Waals surface area contributed by atoms with E-state index in [9.17, 15) is 5.11 Å². The average Bonchev–Trinajstić information content (AvgIpc) is 2.92. The van der Waals surface area contributed by atoms with Crippen LogP contribution in [0.5, 0.6) is 0 Å². The maximum atomic E-state index is 10.5. The Bertz CT molecular complexity index is 703. The van der Waals surface area contributed by atoms with Crippen LogP contribution in [0.1, 0.15) is 36.1 Å². The van der Waals surface area contributed by atoms with Gasteiger partial charge in [-0.15, -0.1) is 0 Å². The van der Waals surface area contributed by atoms with Gasteiger partial charge in [-0.2, -0.15) is 5.10 Å². The number of aliphatic hydroxyl groups excluding tert-OH is 1. The zero-order valence-electron chi connectivity index (χ0n) is 11.4. The van der Waals surface area contributed by atoms with Gasteiger partial charge in [0, 0.05) is 18.0 Å². The molecule has 0 saturated carbocycles. The number of hydrogen-bond donors (Lipinski definition) is 1. The lowest BCUT2D eigenvalue weighted by Gasteiger charge is -2.10. The van der Waals surface area contributed by atoms with E-state index in [1.165, 1.54) is 5.56 Å². The van der Waals surface area contributed by atoms with E-state index in [4.69, 9.17) is 0 Å². The highest BCUT2D eigenvalue weighted by molar-refractivity contribution is 5.54. The number of fused-ring (bicyclic) bond motifs is 1. The first-order valence-corrected chi connectivity index (χ1v) is 6.83. The van der Waals surface area contributed by atoms with Crippen molar-refractivity contribution in [3.05, 3.63) is 65.7 Å². The Morgan fingerprint density at radius 2 is 2.00 bits per heavy atom. The molecule has 0 fully saturated rings. The maximum absolute atomic E-state index is 10.5. The van der Waals surface area contributed by atoms with Crippen molar-refractivity contribution in [2.45, 2.75) is 25.9 Å². The molecule has 2 heterocycles. The van der Waals surface area contributed by atoms with Crippen molar-refractivity contribution in [1.82, 2.24) is 14.6 Å². The first kappa shape index (κ1) is 12.8. The van der Waals surface area contributed by atoms with Crippen molar-refractivity contribution >= 4 is 5.52 Å². The van der Waals surface area contributed by atoms with Gasteiger partial charge in [-0.05, 0) is 17.5 Å². The number of aromatic nitrogens is 3. The van der Waals surface area contributed by atoms with Crippen molar-refractivity contribution in [1.29, 1.82) is 0 Å². The number of benzene rings is 1. The zero-order valence-corrected chi connectivity index (χ0v) is 11.4. The molecule has 1 unspecified atom stereocenters. The summed E-state index contributed by atoms with van der Waals surface area (Å²) in [6.07, 6.45) is 8.38. The summed E-state index contributed by atoms with van der Waals surface area (Å²) in [5.41, 5.74) is 3.78. The van der Waals surface area contributed by atoms with Gasteiger partial charge in [0.25, 0.3) is 0 Å². The molecule has 0 amide bonds. The number of nitrogens with zero attached hydrogens (tertiary/aromatic N) is 3. The largest absolute Gasteiger partial charge is 0.384 e. The Hall–Kier alpha value is -2.20. The molecule has 0 radical (unpaired) electrons. The van der Waals surface area contributed by atoms with Crippen molar-refractivity contribution in [2.75, 3.05) is 0 Å². The Kier molecular flexibility index (Phi) is 3.48. The van der Waals surface area contributed by atoms with Crippen LogP contribution in [0.2, 0.25) is 0 Å². The summed E-state index contributed by atoms with van der Waals surface area (Å²) in [7, 11) is 0. The van der Waals surface area contributed by atoms with Gasteiger partial charge >= 0.3 is 0 Å². The van der Waals surface area contributed by atoms with E-state index in [0.29, 0.717) is 0 Å². The Balaban J connectivity index is 1.93. The molecule has 2 aromatic heterocycles. The summed E-state index contributed by atoms with van der Waals surface area (Å²) < 4.78 is 1.72. The Morgan fingerprint density at radius 1 is 1.20 bits per heavy atom.